The number of benzene rings is 1. The fourth-order valence-electron chi connectivity index (χ4n) is 2.21. The van der Waals surface area contributed by atoms with Gasteiger partial charge >= 0.3 is 0 Å². The lowest BCUT2D eigenvalue weighted by Crippen LogP contribution is -2.44. The first-order valence-electron chi connectivity index (χ1n) is 8.23. The summed E-state index contributed by atoms with van der Waals surface area (Å²) in [6, 6.07) is 8.93. The zero-order valence-corrected chi connectivity index (χ0v) is 16.4. The minimum absolute atomic E-state index is 0.0526. The van der Waals surface area contributed by atoms with Crippen molar-refractivity contribution in [1.29, 1.82) is 0 Å². The van der Waals surface area contributed by atoms with Gasteiger partial charge in [0.25, 0.3) is 5.56 Å². The second-order valence-electron chi connectivity index (χ2n) is 7.19. The van der Waals surface area contributed by atoms with Crippen LogP contribution < -0.4 is 10.9 Å². The summed E-state index contributed by atoms with van der Waals surface area (Å²) in [6.07, 6.45) is 0. The van der Waals surface area contributed by atoms with Crippen molar-refractivity contribution in [3.63, 3.8) is 0 Å². The predicted octanol–water partition coefficient (Wildman–Crippen LogP) is 3.24. The molecule has 0 aliphatic rings. The lowest BCUT2D eigenvalue weighted by atomic mass is 10.1. The highest BCUT2D eigenvalue weighted by Crippen LogP contribution is 2.21. The van der Waals surface area contributed by atoms with Gasteiger partial charge in [0.05, 0.1) is 10.9 Å². The summed E-state index contributed by atoms with van der Waals surface area (Å²) in [5.41, 5.74) is 2.51. The highest BCUT2D eigenvalue weighted by atomic mass is 32.2. The van der Waals surface area contributed by atoms with Crippen LogP contribution in [0.3, 0.4) is 0 Å². The smallest absolute Gasteiger partial charge is 0.271 e. The quantitative estimate of drug-likeness (QED) is 0.851. The van der Waals surface area contributed by atoms with Gasteiger partial charge in [-0.05, 0) is 70.9 Å². The number of carbonyl (C=O) groups excluding carboxylic acids is 1. The largest absolute Gasteiger partial charge is 0.351 e. The van der Waals surface area contributed by atoms with Gasteiger partial charge in [0, 0.05) is 11.6 Å². The summed E-state index contributed by atoms with van der Waals surface area (Å²) in [7, 11) is 0. The maximum Gasteiger partial charge on any atom is 0.271 e. The molecule has 0 radical (unpaired) electrons. The predicted molar refractivity (Wildman–Crippen MR) is 103 cm³/mol. The normalized spacial score (nSPS) is 12.7. The Morgan fingerprint density at radius 1 is 1.16 bits per heavy atom. The molecule has 1 N–H and O–H groups in total. The van der Waals surface area contributed by atoms with E-state index in [1.54, 1.807) is 6.07 Å². The number of hydrogen-bond acceptors (Lipinski definition) is 4. The molecule has 0 bridgehead atoms. The number of aryl methyl sites for hydroxylation is 2. The third kappa shape index (κ3) is 5.19. The van der Waals surface area contributed by atoms with Gasteiger partial charge in [0.1, 0.15) is 5.03 Å². The molecule has 0 saturated carbocycles. The van der Waals surface area contributed by atoms with Crippen LogP contribution >= 0.6 is 11.8 Å². The highest BCUT2D eigenvalue weighted by molar-refractivity contribution is 8.00. The SMILES string of the molecule is Cc1ccc(-n2nc(S[C@H](C)C(=O)NC(C)(C)C)ccc2=O)cc1C. The zero-order chi connectivity index (χ0) is 18.8. The monoisotopic (exact) mass is 359 g/mol. The summed E-state index contributed by atoms with van der Waals surface area (Å²) < 4.78 is 1.38. The second kappa shape index (κ2) is 7.44. The lowest BCUT2D eigenvalue weighted by molar-refractivity contribution is -0.121. The fraction of sp³-hybridized carbons (Fsp3) is 0.421. The Morgan fingerprint density at radius 2 is 1.84 bits per heavy atom. The summed E-state index contributed by atoms with van der Waals surface area (Å²) in [5.74, 6) is -0.0526. The Hall–Kier alpha value is -2.08. The molecular weight excluding hydrogens is 334 g/mol. The van der Waals surface area contributed by atoms with Gasteiger partial charge in [0.2, 0.25) is 5.91 Å². The van der Waals surface area contributed by atoms with Crippen molar-refractivity contribution in [3.8, 4) is 5.69 Å². The Bertz CT molecular complexity index is 837. The molecule has 0 saturated heterocycles. The third-order valence-electron chi connectivity index (χ3n) is 3.68. The Labute approximate surface area is 152 Å². The van der Waals surface area contributed by atoms with Crippen molar-refractivity contribution >= 4 is 17.7 Å². The molecule has 1 atom stereocenters. The van der Waals surface area contributed by atoms with E-state index in [-0.39, 0.29) is 22.3 Å². The van der Waals surface area contributed by atoms with Crippen LogP contribution in [0.2, 0.25) is 0 Å². The molecule has 0 unspecified atom stereocenters. The Balaban J connectivity index is 2.25. The molecule has 0 spiro atoms. The molecule has 0 fully saturated rings. The summed E-state index contributed by atoms with van der Waals surface area (Å²) in [6.45, 7) is 11.7. The van der Waals surface area contributed by atoms with Crippen LogP contribution in [-0.2, 0) is 4.79 Å². The van der Waals surface area contributed by atoms with E-state index in [1.807, 2.05) is 59.7 Å². The van der Waals surface area contributed by atoms with Gasteiger partial charge in [-0.1, -0.05) is 17.8 Å². The molecule has 0 aliphatic carbocycles. The van der Waals surface area contributed by atoms with Crippen molar-refractivity contribution in [2.75, 3.05) is 0 Å². The Morgan fingerprint density at radius 3 is 2.44 bits per heavy atom. The fourth-order valence-corrected chi connectivity index (χ4v) is 3.01. The number of rotatable bonds is 4. The summed E-state index contributed by atoms with van der Waals surface area (Å²) in [5, 5.41) is 7.70. The molecule has 1 amide bonds. The first-order chi connectivity index (χ1) is 11.6. The van der Waals surface area contributed by atoms with E-state index < -0.39 is 0 Å². The van der Waals surface area contributed by atoms with Gasteiger partial charge in [0.15, 0.2) is 0 Å². The third-order valence-corrected chi connectivity index (χ3v) is 4.70. The minimum atomic E-state index is -0.308. The van der Waals surface area contributed by atoms with Crippen molar-refractivity contribution in [2.24, 2.45) is 0 Å². The van der Waals surface area contributed by atoms with E-state index >= 15 is 0 Å². The molecule has 134 valence electrons. The van der Waals surface area contributed by atoms with E-state index in [1.165, 1.54) is 22.5 Å². The molecule has 0 aliphatic heterocycles. The molecular formula is C19H25N3O2S. The van der Waals surface area contributed by atoms with Gasteiger partial charge in [-0.15, -0.1) is 0 Å². The molecule has 1 aromatic heterocycles. The number of hydrogen-bond donors (Lipinski definition) is 1. The van der Waals surface area contributed by atoms with Crippen molar-refractivity contribution in [2.45, 2.75) is 57.4 Å². The number of thioether (sulfide) groups is 1. The van der Waals surface area contributed by atoms with E-state index in [0.29, 0.717) is 5.03 Å². The second-order valence-corrected chi connectivity index (χ2v) is 8.55. The van der Waals surface area contributed by atoms with E-state index in [9.17, 15) is 9.59 Å². The zero-order valence-electron chi connectivity index (χ0n) is 15.6. The summed E-state index contributed by atoms with van der Waals surface area (Å²) in [4.78, 5) is 24.4. The van der Waals surface area contributed by atoms with Crippen LogP contribution in [0.25, 0.3) is 5.69 Å². The summed E-state index contributed by atoms with van der Waals surface area (Å²) >= 11 is 1.33. The molecule has 2 rings (SSSR count). The maximum atomic E-state index is 12.2. The van der Waals surface area contributed by atoms with E-state index in [0.717, 1.165) is 16.8 Å². The minimum Gasteiger partial charge on any atom is -0.351 e. The number of aromatic nitrogens is 2. The van der Waals surface area contributed by atoms with Crippen LogP contribution in [-0.4, -0.2) is 26.5 Å². The molecule has 1 aromatic carbocycles. The topological polar surface area (TPSA) is 64.0 Å². The molecule has 5 nitrogen and oxygen atoms in total. The van der Waals surface area contributed by atoms with Gasteiger partial charge in [-0.3, -0.25) is 9.59 Å². The number of nitrogens with zero attached hydrogens (tertiary/aromatic N) is 2. The van der Waals surface area contributed by atoms with Gasteiger partial charge in [-0.2, -0.15) is 9.78 Å². The van der Waals surface area contributed by atoms with E-state index in [4.69, 9.17) is 0 Å². The van der Waals surface area contributed by atoms with Crippen LogP contribution in [0.15, 0.2) is 40.2 Å². The van der Waals surface area contributed by atoms with Crippen molar-refractivity contribution in [1.82, 2.24) is 15.1 Å². The van der Waals surface area contributed by atoms with Crippen LogP contribution in [0.4, 0.5) is 0 Å². The Kier molecular flexibility index (Phi) is 5.72. The molecule has 25 heavy (non-hydrogen) atoms. The van der Waals surface area contributed by atoms with Crippen LogP contribution in [0.5, 0.6) is 0 Å². The first-order valence-corrected chi connectivity index (χ1v) is 9.11. The van der Waals surface area contributed by atoms with Crippen LogP contribution in [0, 0.1) is 13.8 Å². The maximum absolute atomic E-state index is 12.2. The number of nitrogens with one attached hydrogen (secondary N) is 1. The molecule has 2 aromatic rings. The number of carbonyl (C=O) groups is 1. The van der Waals surface area contributed by atoms with Crippen molar-refractivity contribution < 1.29 is 4.79 Å². The molecule has 1 heterocycles. The first kappa shape index (κ1) is 19.2. The standard InChI is InChI=1S/C19H25N3O2S/c1-12-7-8-15(11-13(12)2)22-17(23)10-9-16(21-22)25-14(3)18(24)20-19(4,5)6/h7-11,14H,1-6H3,(H,20,24)/t14-/m1/s1. The number of amides is 1. The van der Waals surface area contributed by atoms with Crippen molar-refractivity contribution in [3.05, 3.63) is 51.8 Å². The van der Waals surface area contributed by atoms with Crippen LogP contribution in [0.1, 0.15) is 38.8 Å². The van der Waals surface area contributed by atoms with Gasteiger partial charge < -0.3 is 5.32 Å². The molecule has 6 heteroatoms. The van der Waals surface area contributed by atoms with E-state index in [2.05, 4.69) is 10.4 Å². The lowest BCUT2D eigenvalue weighted by Gasteiger charge is -2.22. The van der Waals surface area contributed by atoms with Gasteiger partial charge in [-0.25, -0.2) is 0 Å². The highest BCUT2D eigenvalue weighted by Gasteiger charge is 2.21. The average Bonchev–Trinajstić information content (AvgIpc) is 2.50. The average molecular weight is 359 g/mol.